The number of hydrogen-bond donors (Lipinski definition) is 3. The zero-order valence-electron chi connectivity index (χ0n) is 13.7. The van der Waals surface area contributed by atoms with E-state index in [1.165, 1.54) is 5.56 Å². The van der Waals surface area contributed by atoms with E-state index in [0.717, 1.165) is 13.0 Å². The summed E-state index contributed by atoms with van der Waals surface area (Å²) in [4.78, 5) is 0. The maximum Gasteiger partial charge on any atom is 0.186 e. The number of rotatable bonds is 6. The van der Waals surface area contributed by atoms with E-state index in [9.17, 15) is 5.11 Å². The van der Waals surface area contributed by atoms with Gasteiger partial charge in [-0.05, 0) is 43.3 Å². The Labute approximate surface area is 147 Å². The fraction of sp³-hybridized carbons (Fsp3) is 0.222. The van der Waals surface area contributed by atoms with Crippen LogP contribution >= 0.6 is 12.2 Å². The number of thiocarbonyl (C=S) groups is 1. The number of phenols is 1. The summed E-state index contributed by atoms with van der Waals surface area (Å²) in [5, 5.41) is 17.7. The molecule has 6 heteroatoms. The molecular formula is C18H21N3O2S. The molecule has 0 spiro atoms. The van der Waals surface area contributed by atoms with E-state index in [1.807, 2.05) is 18.2 Å². The molecule has 2 aromatic carbocycles. The summed E-state index contributed by atoms with van der Waals surface area (Å²) in [5.74, 6) is 0.704. The molecule has 0 aliphatic rings. The fourth-order valence-corrected chi connectivity index (χ4v) is 2.29. The van der Waals surface area contributed by atoms with E-state index in [-0.39, 0.29) is 5.75 Å². The largest absolute Gasteiger partial charge is 0.507 e. The number of aromatic hydroxyl groups is 1. The summed E-state index contributed by atoms with van der Waals surface area (Å²) in [5.41, 5.74) is 5.28. The van der Waals surface area contributed by atoms with Gasteiger partial charge in [-0.2, -0.15) is 5.10 Å². The van der Waals surface area contributed by atoms with Gasteiger partial charge >= 0.3 is 0 Å². The van der Waals surface area contributed by atoms with Gasteiger partial charge in [0.25, 0.3) is 0 Å². The topological polar surface area (TPSA) is 65.9 Å². The molecule has 0 aliphatic heterocycles. The Bertz CT molecular complexity index is 717. The Morgan fingerprint density at radius 1 is 1.21 bits per heavy atom. The van der Waals surface area contributed by atoms with Crippen molar-refractivity contribution in [3.8, 4) is 11.5 Å². The average molecular weight is 343 g/mol. The van der Waals surface area contributed by atoms with E-state index in [0.29, 0.717) is 22.1 Å². The van der Waals surface area contributed by atoms with Crippen molar-refractivity contribution in [3.05, 3.63) is 59.7 Å². The molecule has 0 radical (unpaired) electrons. The predicted octanol–water partition coefficient (Wildman–Crippen LogP) is 2.83. The number of benzene rings is 2. The van der Waals surface area contributed by atoms with Crippen molar-refractivity contribution < 1.29 is 9.84 Å². The third-order valence-corrected chi connectivity index (χ3v) is 3.70. The van der Waals surface area contributed by atoms with Gasteiger partial charge < -0.3 is 15.2 Å². The van der Waals surface area contributed by atoms with Crippen molar-refractivity contribution in [2.45, 2.75) is 13.3 Å². The SMILES string of the molecule is COc1ccc(/C(C)=N/NC(=S)NCCc2ccccc2)c(O)c1. The molecule has 0 aliphatic carbocycles. The summed E-state index contributed by atoms with van der Waals surface area (Å²) in [6, 6.07) is 15.2. The highest BCUT2D eigenvalue weighted by Gasteiger charge is 2.06. The minimum Gasteiger partial charge on any atom is -0.507 e. The molecule has 0 fully saturated rings. The first-order valence-electron chi connectivity index (χ1n) is 7.59. The zero-order chi connectivity index (χ0) is 17.4. The van der Waals surface area contributed by atoms with Crippen LogP contribution in [0.5, 0.6) is 11.5 Å². The molecule has 5 nitrogen and oxygen atoms in total. The monoisotopic (exact) mass is 343 g/mol. The minimum atomic E-state index is 0.111. The molecule has 0 unspecified atom stereocenters. The zero-order valence-corrected chi connectivity index (χ0v) is 14.6. The maximum atomic E-state index is 9.99. The molecule has 0 aromatic heterocycles. The average Bonchev–Trinajstić information content (AvgIpc) is 2.60. The Morgan fingerprint density at radius 3 is 2.62 bits per heavy atom. The van der Waals surface area contributed by atoms with Crippen LogP contribution in [-0.2, 0) is 6.42 Å². The van der Waals surface area contributed by atoms with Crippen molar-refractivity contribution in [3.63, 3.8) is 0 Å². The van der Waals surface area contributed by atoms with Crippen LogP contribution in [0, 0.1) is 0 Å². The van der Waals surface area contributed by atoms with Crippen molar-refractivity contribution in [1.82, 2.24) is 10.7 Å². The van der Waals surface area contributed by atoms with Gasteiger partial charge in [-0.1, -0.05) is 30.3 Å². The Morgan fingerprint density at radius 2 is 1.96 bits per heavy atom. The van der Waals surface area contributed by atoms with Crippen molar-refractivity contribution in [2.24, 2.45) is 5.10 Å². The van der Waals surface area contributed by atoms with E-state index >= 15 is 0 Å². The predicted molar refractivity (Wildman–Crippen MR) is 101 cm³/mol. The second-order valence-electron chi connectivity index (χ2n) is 5.18. The van der Waals surface area contributed by atoms with Gasteiger partial charge in [0.15, 0.2) is 5.11 Å². The minimum absolute atomic E-state index is 0.111. The molecule has 0 atom stereocenters. The van der Waals surface area contributed by atoms with Gasteiger partial charge in [0.05, 0.1) is 12.8 Å². The normalized spacial score (nSPS) is 11.0. The van der Waals surface area contributed by atoms with E-state index < -0.39 is 0 Å². The van der Waals surface area contributed by atoms with Gasteiger partial charge in [0.1, 0.15) is 11.5 Å². The molecule has 126 valence electrons. The first kappa shape index (κ1) is 17.7. The standard InChI is InChI=1S/C18H21N3O2S/c1-13(16-9-8-15(23-2)12-17(16)22)20-21-18(24)19-11-10-14-6-4-3-5-7-14/h3-9,12,22H,10-11H2,1-2H3,(H2,19,21,24)/b20-13+. The molecule has 2 rings (SSSR count). The summed E-state index contributed by atoms with van der Waals surface area (Å²) in [6.45, 7) is 2.51. The lowest BCUT2D eigenvalue weighted by molar-refractivity contribution is 0.407. The molecule has 2 aromatic rings. The van der Waals surface area contributed by atoms with E-state index in [1.54, 1.807) is 32.2 Å². The van der Waals surface area contributed by atoms with E-state index in [4.69, 9.17) is 17.0 Å². The van der Waals surface area contributed by atoms with Crippen LogP contribution in [0.1, 0.15) is 18.1 Å². The third kappa shape index (κ3) is 5.24. The van der Waals surface area contributed by atoms with Gasteiger partial charge in [-0.15, -0.1) is 0 Å². The highest BCUT2D eigenvalue weighted by Crippen LogP contribution is 2.23. The van der Waals surface area contributed by atoms with Crippen LogP contribution in [-0.4, -0.2) is 29.6 Å². The van der Waals surface area contributed by atoms with Crippen LogP contribution in [0.15, 0.2) is 53.6 Å². The maximum absolute atomic E-state index is 9.99. The molecule has 3 N–H and O–H groups in total. The summed E-state index contributed by atoms with van der Waals surface area (Å²) in [6.07, 6.45) is 0.880. The second kappa shape index (κ2) is 8.88. The lowest BCUT2D eigenvalue weighted by Gasteiger charge is -2.09. The van der Waals surface area contributed by atoms with Crippen molar-refractivity contribution in [1.29, 1.82) is 0 Å². The quantitative estimate of drug-likeness (QED) is 0.428. The highest BCUT2D eigenvalue weighted by molar-refractivity contribution is 7.80. The molecule has 0 heterocycles. The van der Waals surface area contributed by atoms with Gasteiger partial charge in [-0.25, -0.2) is 0 Å². The lowest BCUT2D eigenvalue weighted by Crippen LogP contribution is -2.33. The number of phenolic OH excluding ortho intramolecular Hbond substituents is 1. The summed E-state index contributed by atoms with van der Waals surface area (Å²) < 4.78 is 5.06. The third-order valence-electron chi connectivity index (χ3n) is 3.46. The number of hydrazone groups is 1. The lowest BCUT2D eigenvalue weighted by atomic mass is 10.1. The molecule has 24 heavy (non-hydrogen) atoms. The summed E-state index contributed by atoms with van der Waals surface area (Å²) >= 11 is 5.20. The Hall–Kier alpha value is -2.60. The number of hydrogen-bond acceptors (Lipinski definition) is 4. The number of nitrogens with one attached hydrogen (secondary N) is 2. The molecule has 0 saturated carbocycles. The first-order valence-corrected chi connectivity index (χ1v) is 8.00. The van der Waals surface area contributed by atoms with Gasteiger partial charge in [0.2, 0.25) is 0 Å². The van der Waals surface area contributed by atoms with E-state index in [2.05, 4.69) is 28.0 Å². The van der Waals surface area contributed by atoms with Crippen LogP contribution in [0.3, 0.4) is 0 Å². The van der Waals surface area contributed by atoms with Gasteiger partial charge in [0, 0.05) is 18.2 Å². The molecule has 0 amide bonds. The van der Waals surface area contributed by atoms with Gasteiger partial charge in [-0.3, -0.25) is 5.43 Å². The number of ether oxygens (including phenoxy) is 1. The van der Waals surface area contributed by atoms with Crippen molar-refractivity contribution in [2.75, 3.05) is 13.7 Å². The molecular weight excluding hydrogens is 322 g/mol. The van der Waals surface area contributed by atoms with Crippen LogP contribution in [0.2, 0.25) is 0 Å². The Balaban J connectivity index is 1.84. The van der Waals surface area contributed by atoms with Crippen LogP contribution < -0.4 is 15.5 Å². The number of nitrogens with zero attached hydrogens (tertiary/aromatic N) is 1. The smallest absolute Gasteiger partial charge is 0.186 e. The highest BCUT2D eigenvalue weighted by atomic mass is 32.1. The Kier molecular flexibility index (Phi) is 6.57. The molecule has 0 saturated heterocycles. The van der Waals surface area contributed by atoms with Crippen LogP contribution in [0.25, 0.3) is 0 Å². The number of methoxy groups -OCH3 is 1. The molecule has 0 bridgehead atoms. The first-order chi connectivity index (χ1) is 11.6. The second-order valence-corrected chi connectivity index (χ2v) is 5.59. The summed E-state index contributed by atoms with van der Waals surface area (Å²) in [7, 11) is 1.55. The van der Waals surface area contributed by atoms with Crippen molar-refractivity contribution >= 4 is 23.0 Å². The van der Waals surface area contributed by atoms with Crippen LogP contribution in [0.4, 0.5) is 0 Å². The fourth-order valence-electron chi connectivity index (χ4n) is 2.14.